The molecule has 2 aromatic rings. The average molecular weight is 259 g/mol. The lowest BCUT2D eigenvalue weighted by Gasteiger charge is -2.08. The van der Waals surface area contributed by atoms with Crippen LogP contribution in [0.5, 0.6) is 0 Å². The minimum Gasteiger partial charge on any atom is -0.464 e. The highest BCUT2D eigenvalue weighted by molar-refractivity contribution is 5.88. The molecule has 0 unspecified atom stereocenters. The molecule has 1 aromatic carbocycles. The van der Waals surface area contributed by atoms with Crippen LogP contribution in [-0.4, -0.2) is 28.1 Å². The standard InChI is InChI=1S/C14H17N3O2/c1-4-12-13(14(18)19-3)15-16-17(12)9-11-8-6-5-7-10(11)2/h5-8H,4,9H2,1-3H3. The molecule has 0 fully saturated rings. The first-order chi connectivity index (χ1) is 9.17. The van der Waals surface area contributed by atoms with Gasteiger partial charge in [-0.2, -0.15) is 0 Å². The Kier molecular flexibility index (Phi) is 3.94. The predicted octanol–water partition coefficient (Wildman–Crippen LogP) is 1.98. The molecule has 0 N–H and O–H groups in total. The molecule has 2 rings (SSSR count). The van der Waals surface area contributed by atoms with Gasteiger partial charge in [-0.1, -0.05) is 36.4 Å². The summed E-state index contributed by atoms with van der Waals surface area (Å²) in [7, 11) is 1.35. The van der Waals surface area contributed by atoms with Crippen molar-refractivity contribution in [3.05, 3.63) is 46.8 Å². The second kappa shape index (κ2) is 5.65. The maximum atomic E-state index is 11.6. The van der Waals surface area contributed by atoms with E-state index in [-0.39, 0.29) is 0 Å². The number of hydrogen-bond acceptors (Lipinski definition) is 4. The van der Waals surface area contributed by atoms with Crippen molar-refractivity contribution in [3.63, 3.8) is 0 Å². The van der Waals surface area contributed by atoms with E-state index < -0.39 is 5.97 Å². The molecule has 0 bridgehead atoms. The fourth-order valence-corrected chi connectivity index (χ4v) is 2.01. The van der Waals surface area contributed by atoms with Crippen LogP contribution < -0.4 is 0 Å². The number of esters is 1. The van der Waals surface area contributed by atoms with Crippen LogP contribution in [0.25, 0.3) is 0 Å². The second-order valence-electron chi connectivity index (χ2n) is 4.31. The number of aromatic nitrogens is 3. The topological polar surface area (TPSA) is 57.0 Å². The van der Waals surface area contributed by atoms with E-state index in [4.69, 9.17) is 4.74 Å². The predicted molar refractivity (Wildman–Crippen MR) is 71.0 cm³/mol. The van der Waals surface area contributed by atoms with Gasteiger partial charge in [-0.3, -0.25) is 0 Å². The maximum absolute atomic E-state index is 11.6. The highest BCUT2D eigenvalue weighted by atomic mass is 16.5. The van der Waals surface area contributed by atoms with Crippen molar-refractivity contribution in [2.45, 2.75) is 26.8 Å². The zero-order chi connectivity index (χ0) is 13.8. The molecule has 0 spiro atoms. The van der Waals surface area contributed by atoms with Crippen molar-refractivity contribution in [2.24, 2.45) is 0 Å². The molecule has 0 saturated carbocycles. The summed E-state index contributed by atoms with van der Waals surface area (Å²) in [4.78, 5) is 11.6. The van der Waals surface area contributed by atoms with Gasteiger partial charge in [0.1, 0.15) is 0 Å². The van der Waals surface area contributed by atoms with E-state index in [0.717, 1.165) is 5.69 Å². The van der Waals surface area contributed by atoms with Crippen LogP contribution in [-0.2, 0) is 17.7 Å². The normalized spacial score (nSPS) is 10.5. The molecular weight excluding hydrogens is 242 g/mol. The monoisotopic (exact) mass is 259 g/mol. The van der Waals surface area contributed by atoms with Crippen LogP contribution >= 0.6 is 0 Å². The maximum Gasteiger partial charge on any atom is 0.360 e. The van der Waals surface area contributed by atoms with Gasteiger partial charge in [0.15, 0.2) is 5.69 Å². The number of carbonyl (C=O) groups is 1. The molecule has 0 aliphatic carbocycles. The molecular formula is C14H17N3O2. The quantitative estimate of drug-likeness (QED) is 0.788. The molecule has 19 heavy (non-hydrogen) atoms. The summed E-state index contributed by atoms with van der Waals surface area (Å²) in [6.45, 7) is 4.64. The van der Waals surface area contributed by atoms with Crippen LogP contribution in [0.15, 0.2) is 24.3 Å². The van der Waals surface area contributed by atoms with Crippen LogP contribution in [0.2, 0.25) is 0 Å². The summed E-state index contributed by atoms with van der Waals surface area (Å²) in [5.74, 6) is -0.437. The minimum absolute atomic E-state index is 0.304. The number of methoxy groups -OCH3 is 1. The molecule has 0 atom stereocenters. The lowest BCUT2D eigenvalue weighted by atomic mass is 10.1. The van der Waals surface area contributed by atoms with Gasteiger partial charge in [0.2, 0.25) is 0 Å². The Morgan fingerprint density at radius 2 is 2.11 bits per heavy atom. The number of benzene rings is 1. The fourth-order valence-electron chi connectivity index (χ4n) is 2.01. The van der Waals surface area contributed by atoms with E-state index in [1.165, 1.54) is 18.2 Å². The first-order valence-corrected chi connectivity index (χ1v) is 6.22. The number of carbonyl (C=O) groups excluding carboxylic acids is 1. The Morgan fingerprint density at radius 3 is 2.74 bits per heavy atom. The molecule has 5 heteroatoms. The molecule has 0 saturated heterocycles. The van der Waals surface area contributed by atoms with Crippen LogP contribution in [0.1, 0.15) is 34.2 Å². The van der Waals surface area contributed by atoms with Crippen molar-refractivity contribution in [1.29, 1.82) is 0 Å². The summed E-state index contributed by atoms with van der Waals surface area (Å²) in [5, 5.41) is 7.98. The smallest absolute Gasteiger partial charge is 0.360 e. The fraction of sp³-hybridized carbons (Fsp3) is 0.357. The molecule has 5 nitrogen and oxygen atoms in total. The van der Waals surface area contributed by atoms with E-state index in [1.54, 1.807) is 4.68 Å². The SMILES string of the molecule is CCc1c(C(=O)OC)nnn1Cc1ccccc1C. The van der Waals surface area contributed by atoms with Crippen molar-refractivity contribution in [2.75, 3.05) is 7.11 Å². The summed E-state index contributed by atoms with van der Waals surface area (Å²) in [5.41, 5.74) is 3.46. The number of nitrogens with zero attached hydrogens (tertiary/aromatic N) is 3. The minimum atomic E-state index is -0.437. The summed E-state index contributed by atoms with van der Waals surface area (Å²) in [6.07, 6.45) is 0.684. The van der Waals surface area contributed by atoms with E-state index in [1.807, 2.05) is 25.1 Å². The zero-order valence-corrected chi connectivity index (χ0v) is 11.4. The molecule has 0 aliphatic heterocycles. The van der Waals surface area contributed by atoms with Gasteiger partial charge in [0.25, 0.3) is 0 Å². The van der Waals surface area contributed by atoms with Gasteiger partial charge in [0.05, 0.1) is 19.3 Å². The Hall–Kier alpha value is -2.17. The molecule has 0 aliphatic rings. The average Bonchev–Trinajstić information content (AvgIpc) is 2.83. The van der Waals surface area contributed by atoms with Gasteiger partial charge in [-0.05, 0) is 24.5 Å². The first kappa shape index (κ1) is 13.3. The Labute approximate surface area is 112 Å². The third-order valence-corrected chi connectivity index (χ3v) is 3.13. The highest BCUT2D eigenvalue weighted by Gasteiger charge is 2.19. The van der Waals surface area contributed by atoms with Crippen LogP contribution in [0.4, 0.5) is 0 Å². The van der Waals surface area contributed by atoms with Gasteiger partial charge in [-0.15, -0.1) is 5.10 Å². The Bertz CT molecular complexity index is 590. The van der Waals surface area contributed by atoms with Crippen molar-refractivity contribution >= 4 is 5.97 Å². The van der Waals surface area contributed by atoms with E-state index in [2.05, 4.69) is 23.3 Å². The van der Waals surface area contributed by atoms with Crippen molar-refractivity contribution in [3.8, 4) is 0 Å². The largest absolute Gasteiger partial charge is 0.464 e. The first-order valence-electron chi connectivity index (χ1n) is 6.22. The molecule has 1 aromatic heterocycles. The lowest BCUT2D eigenvalue weighted by molar-refractivity contribution is 0.0592. The number of rotatable bonds is 4. The van der Waals surface area contributed by atoms with Gasteiger partial charge < -0.3 is 4.74 Å². The summed E-state index contributed by atoms with van der Waals surface area (Å²) >= 11 is 0. The van der Waals surface area contributed by atoms with Gasteiger partial charge in [-0.25, -0.2) is 9.48 Å². The van der Waals surface area contributed by atoms with Crippen molar-refractivity contribution < 1.29 is 9.53 Å². The molecule has 0 radical (unpaired) electrons. The molecule has 1 heterocycles. The van der Waals surface area contributed by atoms with Crippen LogP contribution in [0, 0.1) is 6.92 Å². The lowest BCUT2D eigenvalue weighted by Crippen LogP contribution is -2.10. The number of ether oxygens (including phenoxy) is 1. The third kappa shape index (κ3) is 2.65. The number of aryl methyl sites for hydroxylation is 1. The van der Waals surface area contributed by atoms with Crippen molar-refractivity contribution in [1.82, 2.24) is 15.0 Å². The summed E-state index contributed by atoms with van der Waals surface area (Å²) < 4.78 is 6.47. The van der Waals surface area contributed by atoms with E-state index in [0.29, 0.717) is 18.7 Å². The summed E-state index contributed by atoms with van der Waals surface area (Å²) in [6, 6.07) is 8.10. The molecule has 100 valence electrons. The van der Waals surface area contributed by atoms with E-state index in [9.17, 15) is 4.79 Å². The van der Waals surface area contributed by atoms with E-state index >= 15 is 0 Å². The molecule has 0 amide bonds. The highest BCUT2D eigenvalue weighted by Crippen LogP contribution is 2.13. The Morgan fingerprint density at radius 1 is 1.37 bits per heavy atom. The van der Waals surface area contributed by atoms with Crippen LogP contribution in [0.3, 0.4) is 0 Å². The Balaban J connectivity index is 2.34. The van der Waals surface area contributed by atoms with Gasteiger partial charge >= 0.3 is 5.97 Å². The zero-order valence-electron chi connectivity index (χ0n) is 11.4. The van der Waals surface area contributed by atoms with Gasteiger partial charge in [0, 0.05) is 0 Å². The second-order valence-corrected chi connectivity index (χ2v) is 4.31. The number of hydrogen-bond donors (Lipinski definition) is 0. The third-order valence-electron chi connectivity index (χ3n) is 3.13.